The second kappa shape index (κ2) is 7.46. The normalized spacial score (nSPS) is 15.6. The smallest absolute Gasteiger partial charge is 0.390 e. The Morgan fingerprint density at radius 2 is 2.00 bits per heavy atom. The van der Waals surface area contributed by atoms with Gasteiger partial charge in [0.05, 0.1) is 23.3 Å². The van der Waals surface area contributed by atoms with E-state index in [0.717, 1.165) is 12.5 Å². The largest absolute Gasteiger partial charge is 0.419 e. The zero-order valence-electron chi connectivity index (χ0n) is 15.6. The predicted octanol–water partition coefficient (Wildman–Crippen LogP) is 4.13. The summed E-state index contributed by atoms with van der Waals surface area (Å²) >= 11 is 1.34. The van der Waals surface area contributed by atoms with Gasteiger partial charge in [0.1, 0.15) is 21.9 Å². The zero-order chi connectivity index (χ0) is 20.5. The van der Waals surface area contributed by atoms with Crippen LogP contribution in [-0.4, -0.2) is 27.6 Å². The molecule has 1 aliphatic carbocycles. The third kappa shape index (κ3) is 4.46. The minimum Gasteiger partial charge on any atom is -0.390 e. The number of nitrogens with one attached hydrogen (secondary N) is 1. The average molecular weight is 411 g/mol. The number of anilines is 2. The van der Waals surface area contributed by atoms with Crippen LogP contribution in [0.5, 0.6) is 0 Å². The van der Waals surface area contributed by atoms with Crippen molar-refractivity contribution < 1.29 is 13.2 Å². The average Bonchev–Trinajstić information content (AvgIpc) is 3.38. The van der Waals surface area contributed by atoms with Crippen LogP contribution in [0.4, 0.5) is 24.1 Å². The van der Waals surface area contributed by atoms with Gasteiger partial charge >= 0.3 is 6.18 Å². The molecule has 0 spiro atoms. The summed E-state index contributed by atoms with van der Waals surface area (Å²) < 4.78 is 39.5. The predicted molar refractivity (Wildman–Crippen MR) is 103 cm³/mol. The fraction of sp³-hybridized carbons (Fsp3) is 0.471. The van der Waals surface area contributed by atoms with Crippen molar-refractivity contribution in [3.63, 3.8) is 0 Å². The molecule has 1 fully saturated rings. The van der Waals surface area contributed by atoms with Crippen LogP contribution in [0.1, 0.15) is 54.6 Å². The van der Waals surface area contributed by atoms with Crippen molar-refractivity contribution in [2.24, 2.45) is 15.7 Å². The number of hydrogen-bond acceptors (Lipinski definition) is 6. The molecule has 1 saturated carbocycles. The summed E-state index contributed by atoms with van der Waals surface area (Å²) in [5, 5.41) is 4.37. The molecule has 0 amide bonds. The molecule has 1 aliphatic rings. The Labute approximate surface area is 164 Å². The number of aliphatic imine (C=N–C) groups is 2. The van der Waals surface area contributed by atoms with Gasteiger partial charge in [-0.15, -0.1) is 0 Å². The van der Waals surface area contributed by atoms with Gasteiger partial charge in [0.2, 0.25) is 5.95 Å². The van der Waals surface area contributed by atoms with Crippen LogP contribution in [0.3, 0.4) is 0 Å². The van der Waals surface area contributed by atoms with Crippen LogP contribution in [0, 0.1) is 6.92 Å². The monoisotopic (exact) mass is 411 g/mol. The molecule has 7 nitrogen and oxygen atoms in total. The van der Waals surface area contributed by atoms with E-state index < -0.39 is 17.3 Å². The van der Waals surface area contributed by atoms with Crippen molar-refractivity contribution in [2.45, 2.75) is 51.2 Å². The van der Waals surface area contributed by atoms with Gasteiger partial charge in [-0.2, -0.15) is 13.2 Å². The van der Waals surface area contributed by atoms with Crippen molar-refractivity contribution in [2.75, 3.05) is 5.32 Å². The SMILES string of the molecule is Cc1nc(C(C)(C)N=CN=CN)sc1Nc1ncc(C(F)(F)F)c(C2CC2)n1. The summed E-state index contributed by atoms with van der Waals surface area (Å²) in [6.45, 7) is 5.54. The molecule has 11 heteroatoms. The minimum atomic E-state index is -4.46. The summed E-state index contributed by atoms with van der Waals surface area (Å²) in [5.41, 5.74) is 4.53. The van der Waals surface area contributed by atoms with Crippen LogP contribution in [-0.2, 0) is 11.7 Å². The Balaban J connectivity index is 1.87. The molecule has 0 atom stereocenters. The second-order valence-corrected chi connectivity index (χ2v) is 7.92. The van der Waals surface area contributed by atoms with Gasteiger partial charge in [0.15, 0.2) is 0 Å². The van der Waals surface area contributed by atoms with Crippen LogP contribution in [0.25, 0.3) is 0 Å². The first-order valence-corrected chi connectivity index (χ1v) is 9.39. The highest BCUT2D eigenvalue weighted by molar-refractivity contribution is 7.16. The quantitative estimate of drug-likeness (QED) is 0.550. The highest BCUT2D eigenvalue weighted by Gasteiger charge is 2.40. The van der Waals surface area contributed by atoms with Gasteiger partial charge < -0.3 is 11.1 Å². The maximum Gasteiger partial charge on any atom is 0.419 e. The van der Waals surface area contributed by atoms with E-state index in [9.17, 15) is 13.2 Å². The van der Waals surface area contributed by atoms with Gasteiger partial charge in [-0.1, -0.05) is 11.3 Å². The number of alkyl halides is 3. The summed E-state index contributed by atoms with van der Waals surface area (Å²) in [5.74, 6) is -0.0306. The Kier molecular flexibility index (Phi) is 5.37. The van der Waals surface area contributed by atoms with Crippen molar-refractivity contribution in [3.05, 3.63) is 28.2 Å². The van der Waals surface area contributed by atoms with E-state index in [1.54, 1.807) is 6.92 Å². The first-order valence-electron chi connectivity index (χ1n) is 8.58. The Bertz CT molecular complexity index is 914. The fourth-order valence-electron chi connectivity index (χ4n) is 2.49. The van der Waals surface area contributed by atoms with E-state index in [4.69, 9.17) is 5.73 Å². The van der Waals surface area contributed by atoms with Crippen molar-refractivity contribution in [3.8, 4) is 0 Å². The number of thiazole rings is 1. The number of aryl methyl sites for hydroxylation is 1. The number of aromatic nitrogens is 3. The molecule has 0 saturated heterocycles. The fourth-order valence-corrected chi connectivity index (χ4v) is 3.50. The highest BCUT2D eigenvalue weighted by Crippen LogP contribution is 2.45. The molecular weight excluding hydrogens is 391 g/mol. The number of nitrogens with zero attached hydrogens (tertiary/aromatic N) is 5. The Morgan fingerprint density at radius 3 is 2.61 bits per heavy atom. The Morgan fingerprint density at radius 1 is 1.29 bits per heavy atom. The van der Waals surface area contributed by atoms with E-state index in [1.165, 1.54) is 17.7 Å². The lowest BCUT2D eigenvalue weighted by atomic mass is 10.1. The zero-order valence-corrected chi connectivity index (χ0v) is 16.4. The summed E-state index contributed by atoms with van der Waals surface area (Å²) in [6.07, 6.45) is 0.294. The molecule has 3 N–H and O–H groups in total. The number of halogens is 3. The van der Waals surface area contributed by atoms with Crippen LogP contribution in [0.2, 0.25) is 0 Å². The van der Waals surface area contributed by atoms with E-state index in [0.29, 0.717) is 28.5 Å². The van der Waals surface area contributed by atoms with Gasteiger partial charge in [-0.25, -0.2) is 19.9 Å². The minimum absolute atomic E-state index is 0.0527. The standard InChI is InChI=1S/C17H20F3N7S/c1-9-13(28-14(25-9)16(2,3)24-8-22-7-21)27-15-23-6-11(17(18,19)20)12(26-15)10-4-5-10/h6-8,10H,4-5H2,1-3H3,(H2,21,22,24)(H,23,26,27). The molecular formula is C17H20F3N7S. The van der Waals surface area contributed by atoms with Crippen molar-refractivity contribution in [1.82, 2.24) is 15.0 Å². The summed E-state index contributed by atoms with van der Waals surface area (Å²) in [6, 6.07) is 0. The molecule has 0 aliphatic heterocycles. The first-order chi connectivity index (χ1) is 13.1. The second-order valence-electron chi connectivity index (χ2n) is 6.92. The molecule has 2 aromatic heterocycles. The molecule has 0 bridgehead atoms. The Hall–Kier alpha value is -2.56. The third-order valence-corrected chi connectivity index (χ3v) is 5.55. The maximum atomic E-state index is 13.2. The van der Waals surface area contributed by atoms with Crippen LogP contribution < -0.4 is 11.1 Å². The molecule has 3 rings (SSSR count). The summed E-state index contributed by atoms with van der Waals surface area (Å²) in [7, 11) is 0. The maximum absolute atomic E-state index is 13.2. The molecule has 2 aromatic rings. The van der Waals surface area contributed by atoms with E-state index >= 15 is 0 Å². The van der Waals surface area contributed by atoms with Crippen LogP contribution in [0.15, 0.2) is 16.2 Å². The van der Waals surface area contributed by atoms with Crippen LogP contribution >= 0.6 is 11.3 Å². The van der Waals surface area contributed by atoms with Gasteiger partial charge in [0.25, 0.3) is 0 Å². The lowest BCUT2D eigenvalue weighted by Gasteiger charge is -2.15. The number of nitrogens with two attached hydrogens (primary N) is 1. The number of rotatable bonds is 6. The van der Waals surface area contributed by atoms with Gasteiger partial charge in [-0.05, 0) is 33.6 Å². The van der Waals surface area contributed by atoms with Gasteiger partial charge in [0, 0.05) is 12.1 Å². The molecule has 2 heterocycles. The first kappa shape index (κ1) is 20.2. The topological polar surface area (TPSA) is 101 Å². The van der Waals surface area contributed by atoms with Gasteiger partial charge in [-0.3, -0.25) is 4.99 Å². The molecule has 150 valence electrons. The molecule has 0 aromatic carbocycles. The number of hydrogen-bond donors (Lipinski definition) is 2. The molecule has 0 radical (unpaired) electrons. The van der Waals surface area contributed by atoms with Crippen molar-refractivity contribution >= 4 is 35.0 Å². The van der Waals surface area contributed by atoms with Crippen molar-refractivity contribution in [1.29, 1.82) is 0 Å². The van der Waals surface area contributed by atoms with E-state index in [1.807, 2.05) is 13.8 Å². The summed E-state index contributed by atoms with van der Waals surface area (Å²) in [4.78, 5) is 20.6. The lowest BCUT2D eigenvalue weighted by Crippen LogP contribution is -2.13. The third-order valence-electron chi connectivity index (χ3n) is 4.17. The highest BCUT2D eigenvalue weighted by atomic mass is 32.1. The van der Waals surface area contributed by atoms with E-state index in [2.05, 4.69) is 30.3 Å². The van der Waals surface area contributed by atoms with E-state index in [-0.39, 0.29) is 17.6 Å². The molecule has 0 unspecified atom stereocenters. The molecule has 28 heavy (non-hydrogen) atoms. The lowest BCUT2D eigenvalue weighted by molar-refractivity contribution is -0.138.